The topological polar surface area (TPSA) is 75.7 Å². The fourth-order valence-electron chi connectivity index (χ4n) is 3.33. The van der Waals surface area contributed by atoms with Gasteiger partial charge >= 0.3 is 0 Å². The molecule has 2 aromatic rings. The molecule has 29 heavy (non-hydrogen) atoms. The lowest BCUT2D eigenvalue weighted by Gasteiger charge is -2.31. The highest BCUT2D eigenvalue weighted by molar-refractivity contribution is 7.89. The first-order chi connectivity index (χ1) is 13.7. The molecule has 3 rings (SSSR count). The number of piperidine rings is 1. The fraction of sp³-hybridized carbons (Fsp3) is 0.350. The van der Waals surface area contributed by atoms with Crippen molar-refractivity contribution >= 4 is 21.6 Å². The smallest absolute Gasteiger partial charge is 0.246 e. The number of carbonyl (C=O) groups excluding carboxylic acids is 1. The molecule has 1 atom stereocenters. The van der Waals surface area contributed by atoms with E-state index in [1.165, 1.54) is 25.3 Å². The van der Waals surface area contributed by atoms with E-state index >= 15 is 0 Å². The van der Waals surface area contributed by atoms with Gasteiger partial charge in [-0.05, 0) is 55.7 Å². The number of halogens is 2. The third-order valence-electron chi connectivity index (χ3n) is 4.96. The number of methoxy groups -OCH3 is 1. The third-order valence-corrected chi connectivity index (χ3v) is 6.84. The van der Waals surface area contributed by atoms with Gasteiger partial charge in [0, 0.05) is 18.8 Å². The lowest BCUT2D eigenvalue weighted by Crippen LogP contribution is -2.43. The van der Waals surface area contributed by atoms with Crippen LogP contribution >= 0.6 is 0 Å². The number of hydrogen-bond acceptors (Lipinski definition) is 4. The summed E-state index contributed by atoms with van der Waals surface area (Å²) in [6, 6.07) is 7.36. The van der Waals surface area contributed by atoms with Crippen molar-refractivity contribution in [3.63, 3.8) is 0 Å². The summed E-state index contributed by atoms with van der Waals surface area (Å²) in [6.45, 7) is 1.90. The van der Waals surface area contributed by atoms with Crippen molar-refractivity contribution in [3.05, 3.63) is 53.6 Å². The number of aryl methyl sites for hydroxylation is 1. The second-order valence-electron chi connectivity index (χ2n) is 6.95. The van der Waals surface area contributed by atoms with Crippen LogP contribution in [0.5, 0.6) is 5.75 Å². The Morgan fingerprint density at radius 2 is 1.86 bits per heavy atom. The van der Waals surface area contributed by atoms with Crippen molar-refractivity contribution < 1.29 is 26.7 Å². The quantitative estimate of drug-likeness (QED) is 0.799. The molecule has 1 unspecified atom stereocenters. The summed E-state index contributed by atoms with van der Waals surface area (Å²) >= 11 is 0. The molecule has 1 aliphatic heterocycles. The molecule has 0 saturated carbocycles. The van der Waals surface area contributed by atoms with Crippen LogP contribution in [0.1, 0.15) is 18.4 Å². The molecule has 2 aromatic carbocycles. The number of carbonyl (C=O) groups is 1. The Hall–Kier alpha value is -2.52. The van der Waals surface area contributed by atoms with E-state index < -0.39 is 27.6 Å². The van der Waals surface area contributed by atoms with E-state index in [0.29, 0.717) is 24.1 Å². The lowest BCUT2D eigenvalue weighted by molar-refractivity contribution is -0.120. The monoisotopic (exact) mass is 424 g/mol. The van der Waals surface area contributed by atoms with Crippen molar-refractivity contribution in [1.82, 2.24) is 4.31 Å². The molecular weight excluding hydrogens is 402 g/mol. The number of anilines is 1. The molecule has 0 bridgehead atoms. The second kappa shape index (κ2) is 8.46. The number of nitrogens with zero attached hydrogens (tertiary/aromatic N) is 1. The highest BCUT2D eigenvalue weighted by atomic mass is 32.2. The predicted octanol–water partition coefficient (Wildman–Crippen LogP) is 3.32. The van der Waals surface area contributed by atoms with Crippen LogP contribution in [0, 0.1) is 24.5 Å². The molecule has 0 aromatic heterocycles. The lowest BCUT2D eigenvalue weighted by atomic mass is 9.98. The Morgan fingerprint density at radius 1 is 1.17 bits per heavy atom. The minimum absolute atomic E-state index is 0.0355. The number of amides is 1. The Kier molecular flexibility index (Phi) is 6.18. The van der Waals surface area contributed by atoms with Crippen LogP contribution in [0.4, 0.5) is 14.5 Å². The van der Waals surface area contributed by atoms with E-state index in [0.717, 1.165) is 16.4 Å². The Morgan fingerprint density at radius 3 is 2.59 bits per heavy atom. The zero-order valence-electron chi connectivity index (χ0n) is 16.1. The van der Waals surface area contributed by atoms with Gasteiger partial charge in [0.2, 0.25) is 15.9 Å². The minimum atomic E-state index is -4.05. The van der Waals surface area contributed by atoms with Crippen LogP contribution in [-0.4, -0.2) is 38.8 Å². The fourth-order valence-corrected chi connectivity index (χ4v) is 5.02. The number of rotatable bonds is 5. The zero-order valence-corrected chi connectivity index (χ0v) is 16.9. The van der Waals surface area contributed by atoms with Crippen LogP contribution < -0.4 is 10.1 Å². The zero-order chi connectivity index (χ0) is 21.2. The van der Waals surface area contributed by atoms with Gasteiger partial charge in [0.25, 0.3) is 0 Å². The van der Waals surface area contributed by atoms with E-state index in [9.17, 15) is 22.0 Å². The first kappa shape index (κ1) is 21.2. The van der Waals surface area contributed by atoms with E-state index in [1.54, 1.807) is 13.0 Å². The van der Waals surface area contributed by atoms with Gasteiger partial charge in [-0.15, -0.1) is 0 Å². The average Bonchev–Trinajstić information content (AvgIpc) is 2.70. The van der Waals surface area contributed by atoms with Gasteiger partial charge in [0.15, 0.2) is 0 Å². The number of sulfonamides is 1. The highest BCUT2D eigenvalue weighted by Gasteiger charge is 2.35. The van der Waals surface area contributed by atoms with E-state index in [1.807, 2.05) is 0 Å². The molecule has 9 heteroatoms. The van der Waals surface area contributed by atoms with Crippen molar-refractivity contribution in [1.29, 1.82) is 0 Å². The molecule has 1 N–H and O–H groups in total. The average molecular weight is 424 g/mol. The van der Waals surface area contributed by atoms with Gasteiger partial charge < -0.3 is 10.1 Å². The number of hydrogen-bond donors (Lipinski definition) is 1. The summed E-state index contributed by atoms with van der Waals surface area (Å²) in [5.41, 5.74) is 1.05. The number of benzene rings is 2. The predicted molar refractivity (Wildman–Crippen MR) is 104 cm³/mol. The molecule has 1 fully saturated rings. The van der Waals surface area contributed by atoms with E-state index in [-0.39, 0.29) is 29.6 Å². The molecule has 156 valence electrons. The number of nitrogens with one attached hydrogen (secondary N) is 1. The SMILES string of the molecule is COc1ccc(F)cc1S(=O)(=O)N1CCCC(C(=O)Nc2cc(F)ccc2C)C1. The largest absolute Gasteiger partial charge is 0.495 e. The standard InChI is InChI=1S/C20H22F2N2O4S/c1-13-5-6-15(21)10-17(13)23-20(25)14-4-3-9-24(12-14)29(26,27)19-11-16(22)7-8-18(19)28-2/h5-8,10-11,14H,3-4,9,12H2,1-2H3,(H,23,25). The molecule has 1 aliphatic rings. The van der Waals surface area contributed by atoms with Crippen molar-refractivity contribution in [3.8, 4) is 5.75 Å². The maximum Gasteiger partial charge on any atom is 0.246 e. The van der Waals surface area contributed by atoms with Gasteiger partial charge in [0.05, 0.1) is 13.0 Å². The highest BCUT2D eigenvalue weighted by Crippen LogP contribution is 2.31. The second-order valence-corrected chi connectivity index (χ2v) is 8.85. The van der Waals surface area contributed by atoms with Gasteiger partial charge in [-0.3, -0.25) is 4.79 Å². The first-order valence-electron chi connectivity index (χ1n) is 9.13. The van der Waals surface area contributed by atoms with Crippen molar-refractivity contribution in [2.24, 2.45) is 5.92 Å². The summed E-state index contributed by atoms with van der Waals surface area (Å²) in [4.78, 5) is 12.4. The molecule has 0 spiro atoms. The summed E-state index contributed by atoms with van der Waals surface area (Å²) in [6.07, 6.45) is 0.962. The molecule has 0 aliphatic carbocycles. The molecule has 1 saturated heterocycles. The van der Waals surface area contributed by atoms with Gasteiger partial charge in [-0.1, -0.05) is 6.07 Å². The summed E-state index contributed by atoms with van der Waals surface area (Å²) in [7, 11) is -2.75. The van der Waals surface area contributed by atoms with Gasteiger partial charge in [-0.25, -0.2) is 17.2 Å². The molecular formula is C20H22F2N2O4S. The summed E-state index contributed by atoms with van der Waals surface area (Å²) in [5, 5.41) is 2.68. The first-order valence-corrected chi connectivity index (χ1v) is 10.6. The van der Waals surface area contributed by atoms with Crippen LogP contribution in [0.25, 0.3) is 0 Å². The van der Waals surface area contributed by atoms with Crippen molar-refractivity contribution in [2.45, 2.75) is 24.7 Å². The van der Waals surface area contributed by atoms with Gasteiger partial charge in [0.1, 0.15) is 22.3 Å². The molecule has 1 heterocycles. The van der Waals surface area contributed by atoms with Crippen molar-refractivity contribution in [2.75, 3.05) is 25.5 Å². The maximum absolute atomic E-state index is 13.7. The third kappa shape index (κ3) is 4.56. The van der Waals surface area contributed by atoms with E-state index in [2.05, 4.69) is 5.32 Å². The Labute approximate surface area is 168 Å². The molecule has 1 amide bonds. The van der Waals surface area contributed by atoms with Crippen LogP contribution in [0.15, 0.2) is 41.3 Å². The Bertz CT molecular complexity index is 1030. The van der Waals surface area contributed by atoms with Crippen LogP contribution in [0.3, 0.4) is 0 Å². The van der Waals surface area contributed by atoms with Crippen LogP contribution in [-0.2, 0) is 14.8 Å². The molecule has 0 radical (unpaired) electrons. The van der Waals surface area contributed by atoms with Gasteiger partial charge in [-0.2, -0.15) is 4.31 Å². The van der Waals surface area contributed by atoms with E-state index in [4.69, 9.17) is 4.74 Å². The van der Waals surface area contributed by atoms with Crippen LogP contribution in [0.2, 0.25) is 0 Å². The Balaban J connectivity index is 1.80. The minimum Gasteiger partial charge on any atom is -0.495 e. The summed E-state index contributed by atoms with van der Waals surface area (Å²) in [5.74, 6) is -2.13. The number of ether oxygens (including phenoxy) is 1. The normalized spacial score (nSPS) is 17.7. The molecule has 6 nitrogen and oxygen atoms in total. The maximum atomic E-state index is 13.7. The summed E-state index contributed by atoms with van der Waals surface area (Å²) < 4.78 is 59.4.